The van der Waals surface area contributed by atoms with E-state index in [0.717, 1.165) is 5.56 Å². The van der Waals surface area contributed by atoms with Crippen LogP contribution in [0.1, 0.15) is 5.56 Å². The predicted octanol–water partition coefficient (Wildman–Crippen LogP) is 1.30. The summed E-state index contributed by atoms with van der Waals surface area (Å²) in [7, 11) is 0. The van der Waals surface area contributed by atoms with Crippen molar-refractivity contribution in [2.75, 3.05) is 0 Å². The van der Waals surface area contributed by atoms with Crippen molar-refractivity contribution in [3.63, 3.8) is 0 Å². The second kappa shape index (κ2) is 2.41. The van der Waals surface area contributed by atoms with Gasteiger partial charge in [-0.05, 0) is 18.6 Å². The highest BCUT2D eigenvalue weighted by Crippen LogP contribution is 1.96. The van der Waals surface area contributed by atoms with Gasteiger partial charge in [0.15, 0.2) is 0 Å². The van der Waals surface area contributed by atoms with Gasteiger partial charge in [-0.25, -0.2) is 0 Å². The third-order valence-electron chi connectivity index (χ3n) is 1.09. The Labute approximate surface area is 55.3 Å². The van der Waals surface area contributed by atoms with Gasteiger partial charge in [0.25, 0.3) is 0 Å². The summed E-state index contributed by atoms with van der Waals surface area (Å²) in [4.78, 5) is 0. The molecule has 1 radical (unpaired) electrons. The van der Waals surface area contributed by atoms with Crippen molar-refractivity contribution >= 4 is 0 Å². The van der Waals surface area contributed by atoms with E-state index in [1.165, 1.54) is 0 Å². The van der Waals surface area contributed by atoms with Crippen LogP contribution < -0.4 is 0 Å². The molecule has 1 heterocycles. The lowest BCUT2D eigenvalue weighted by molar-refractivity contribution is 0.850. The Morgan fingerprint density at radius 2 is 2.56 bits per heavy atom. The minimum Gasteiger partial charge on any atom is -0.343 e. The van der Waals surface area contributed by atoms with Crippen LogP contribution in [0.3, 0.4) is 0 Å². The van der Waals surface area contributed by atoms with E-state index in [4.69, 9.17) is 6.42 Å². The molecule has 9 heavy (non-hydrogen) atoms. The van der Waals surface area contributed by atoms with Gasteiger partial charge in [-0.1, -0.05) is 5.92 Å². The Balaban J connectivity index is 2.76. The second-order valence-corrected chi connectivity index (χ2v) is 1.90. The van der Waals surface area contributed by atoms with Crippen LogP contribution in [0.4, 0.5) is 0 Å². The zero-order valence-corrected chi connectivity index (χ0v) is 5.17. The first-order chi connectivity index (χ1) is 4.33. The summed E-state index contributed by atoms with van der Waals surface area (Å²) in [6, 6.07) is 1.93. The van der Waals surface area contributed by atoms with E-state index < -0.39 is 0 Å². The number of hydrogen-bond donors (Lipinski definition) is 0. The van der Waals surface area contributed by atoms with E-state index in [1.807, 2.05) is 23.0 Å². The van der Waals surface area contributed by atoms with Crippen molar-refractivity contribution in [2.45, 2.75) is 6.54 Å². The van der Waals surface area contributed by atoms with Gasteiger partial charge in [0.05, 0.1) is 6.54 Å². The van der Waals surface area contributed by atoms with E-state index in [0.29, 0.717) is 6.54 Å². The van der Waals surface area contributed by atoms with Crippen LogP contribution in [-0.2, 0) is 6.54 Å². The summed E-state index contributed by atoms with van der Waals surface area (Å²) in [6.07, 6.45) is 8.91. The highest BCUT2D eigenvalue weighted by atomic mass is 14.9. The van der Waals surface area contributed by atoms with Crippen molar-refractivity contribution in [3.8, 4) is 12.3 Å². The van der Waals surface area contributed by atoms with E-state index in [2.05, 4.69) is 12.8 Å². The van der Waals surface area contributed by atoms with Crippen LogP contribution in [0.15, 0.2) is 18.5 Å². The predicted molar refractivity (Wildman–Crippen MR) is 37.7 cm³/mol. The van der Waals surface area contributed by atoms with Gasteiger partial charge in [0.2, 0.25) is 0 Å². The molecular formula is C8H8N. The molecule has 1 nitrogen and oxygen atoms in total. The molecule has 0 amide bonds. The molecular weight excluding hydrogens is 110 g/mol. The average molecular weight is 118 g/mol. The van der Waals surface area contributed by atoms with Gasteiger partial charge >= 0.3 is 0 Å². The minimum absolute atomic E-state index is 0.634. The summed E-state index contributed by atoms with van der Waals surface area (Å²) in [5.41, 5.74) is 1.00. The first kappa shape index (κ1) is 5.97. The Morgan fingerprint density at radius 1 is 1.78 bits per heavy atom. The first-order valence-corrected chi connectivity index (χ1v) is 2.74. The smallest absolute Gasteiger partial charge is 0.0829 e. The van der Waals surface area contributed by atoms with Crippen LogP contribution in [0.25, 0.3) is 0 Å². The van der Waals surface area contributed by atoms with Gasteiger partial charge in [-0.3, -0.25) is 0 Å². The van der Waals surface area contributed by atoms with Gasteiger partial charge in [-0.15, -0.1) is 6.42 Å². The largest absolute Gasteiger partial charge is 0.343 e. The zero-order chi connectivity index (χ0) is 6.69. The van der Waals surface area contributed by atoms with Gasteiger partial charge < -0.3 is 4.57 Å². The molecule has 0 saturated carbocycles. The monoisotopic (exact) mass is 118 g/mol. The van der Waals surface area contributed by atoms with E-state index in [9.17, 15) is 0 Å². The maximum absolute atomic E-state index is 5.08. The van der Waals surface area contributed by atoms with Crippen LogP contribution in [0.5, 0.6) is 0 Å². The van der Waals surface area contributed by atoms with E-state index in [1.54, 1.807) is 0 Å². The van der Waals surface area contributed by atoms with E-state index in [-0.39, 0.29) is 0 Å². The fourth-order valence-corrected chi connectivity index (χ4v) is 0.694. The molecule has 0 fully saturated rings. The average Bonchev–Trinajstić information content (AvgIpc) is 2.17. The molecule has 0 aliphatic rings. The molecule has 0 aromatic carbocycles. The van der Waals surface area contributed by atoms with Gasteiger partial charge in [0, 0.05) is 12.4 Å². The summed E-state index contributed by atoms with van der Waals surface area (Å²) >= 11 is 0. The standard InChI is InChI=1S/C8H8N/c1-3-5-9-6-4-8(2)7-9/h1,4,6-7H,2,5H2. The molecule has 1 aromatic rings. The van der Waals surface area contributed by atoms with Crippen molar-refractivity contribution in [3.05, 3.63) is 30.9 Å². The molecule has 1 heteroatoms. The Hall–Kier alpha value is -1.16. The van der Waals surface area contributed by atoms with Gasteiger partial charge in [-0.2, -0.15) is 0 Å². The molecule has 0 saturated heterocycles. The number of terminal acetylenes is 1. The third-order valence-corrected chi connectivity index (χ3v) is 1.09. The summed E-state index contributed by atoms with van der Waals surface area (Å²) in [5.74, 6) is 2.53. The van der Waals surface area contributed by atoms with Crippen molar-refractivity contribution < 1.29 is 0 Å². The fourth-order valence-electron chi connectivity index (χ4n) is 0.694. The topological polar surface area (TPSA) is 4.93 Å². The molecule has 1 rings (SSSR count). The summed E-state index contributed by atoms with van der Waals surface area (Å²) in [6.45, 7) is 4.37. The molecule has 0 atom stereocenters. The summed E-state index contributed by atoms with van der Waals surface area (Å²) in [5, 5.41) is 0. The number of nitrogens with zero attached hydrogens (tertiary/aromatic N) is 1. The summed E-state index contributed by atoms with van der Waals surface area (Å²) < 4.78 is 1.92. The van der Waals surface area contributed by atoms with Crippen molar-refractivity contribution in [1.29, 1.82) is 0 Å². The maximum Gasteiger partial charge on any atom is 0.0829 e. The lowest BCUT2D eigenvalue weighted by atomic mass is 10.4. The minimum atomic E-state index is 0.634. The lowest BCUT2D eigenvalue weighted by Gasteiger charge is -1.90. The SMILES string of the molecule is C#CCn1ccc([CH2])c1. The lowest BCUT2D eigenvalue weighted by Crippen LogP contribution is -1.88. The van der Waals surface area contributed by atoms with Gasteiger partial charge in [0.1, 0.15) is 0 Å². The fraction of sp³-hybridized carbons (Fsp3) is 0.125. The maximum atomic E-state index is 5.08. The quantitative estimate of drug-likeness (QED) is 0.490. The molecule has 0 bridgehead atoms. The zero-order valence-electron chi connectivity index (χ0n) is 5.17. The van der Waals surface area contributed by atoms with E-state index >= 15 is 0 Å². The molecule has 0 unspecified atom stereocenters. The van der Waals surface area contributed by atoms with Crippen LogP contribution in [0, 0.1) is 19.3 Å². The first-order valence-electron chi connectivity index (χ1n) is 2.74. The molecule has 0 N–H and O–H groups in total. The molecule has 1 aromatic heterocycles. The Morgan fingerprint density at radius 3 is 3.00 bits per heavy atom. The second-order valence-electron chi connectivity index (χ2n) is 1.90. The molecule has 0 spiro atoms. The van der Waals surface area contributed by atoms with Crippen LogP contribution in [0.2, 0.25) is 0 Å². The van der Waals surface area contributed by atoms with Crippen LogP contribution >= 0.6 is 0 Å². The Kier molecular flexibility index (Phi) is 1.60. The molecule has 0 aliphatic heterocycles. The number of rotatable bonds is 1. The van der Waals surface area contributed by atoms with Crippen LogP contribution in [-0.4, -0.2) is 4.57 Å². The molecule has 0 aliphatic carbocycles. The molecule has 45 valence electrons. The highest BCUT2D eigenvalue weighted by molar-refractivity contribution is 5.13. The third kappa shape index (κ3) is 1.36. The highest BCUT2D eigenvalue weighted by Gasteiger charge is 1.86. The normalized spacial score (nSPS) is 8.89. The van der Waals surface area contributed by atoms with Crippen molar-refractivity contribution in [1.82, 2.24) is 4.57 Å². The number of aromatic nitrogens is 1. The number of hydrogen-bond acceptors (Lipinski definition) is 0. The Bertz CT molecular complexity index is 227. The van der Waals surface area contributed by atoms with Crippen molar-refractivity contribution in [2.24, 2.45) is 0 Å².